The molecule has 0 amide bonds. The van der Waals surface area contributed by atoms with Gasteiger partial charge in [-0.3, -0.25) is 9.36 Å². The second-order valence-corrected chi connectivity index (χ2v) is 9.77. The minimum Gasteiger partial charge on any atom is -0.497 e. The van der Waals surface area contributed by atoms with Gasteiger partial charge in [-0.05, 0) is 89.3 Å². The molecular formula is C32H18F7NO6. The van der Waals surface area contributed by atoms with Gasteiger partial charge in [-0.2, -0.15) is 26.3 Å². The molecule has 5 rings (SSSR count). The minimum absolute atomic E-state index is 0.108. The number of carbonyl (C=O) groups is 2. The molecule has 0 fully saturated rings. The lowest BCUT2D eigenvalue weighted by atomic mass is 9.93. The number of aromatic nitrogens is 1. The van der Waals surface area contributed by atoms with E-state index in [1.807, 2.05) is 0 Å². The minimum atomic E-state index is -4.84. The first-order valence-corrected chi connectivity index (χ1v) is 13.0. The van der Waals surface area contributed by atoms with Crippen molar-refractivity contribution in [2.75, 3.05) is 7.11 Å². The quantitative estimate of drug-likeness (QED) is 0.115. The molecule has 0 spiro atoms. The van der Waals surface area contributed by atoms with Gasteiger partial charge >= 0.3 is 24.3 Å². The highest BCUT2D eigenvalue weighted by molar-refractivity contribution is 6.04. The number of fused-ring (bicyclic) bond motifs is 1. The Kier molecular flexibility index (Phi) is 8.07. The summed E-state index contributed by atoms with van der Waals surface area (Å²) in [6, 6.07) is 12.0. The number of methoxy groups -OCH3 is 1. The molecule has 14 heteroatoms. The van der Waals surface area contributed by atoms with Gasteiger partial charge in [0.2, 0.25) is 0 Å². The summed E-state index contributed by atoms with van der Waals surface area (Å²) in [5, 5.41) is 9.71. The molecule has 4 aromatic carbocycles. The van der Waals surface area contributed by atoms with Crippen LogP contribution in [0, 0.1) is 5.82 Å². The SMILES string of the molecule is COc1cc(-c2cc(C(F)(F)F)ccc2C(=O)O)c2c(=O)n(-c3ccc(OC(=O)c4ccc(C(F)(F)F)cc4)c(F)c3)ccc2c1. The number of halogens is 7. The summed E-state index contributed by atoms with van der Waals surface area (Å²) in [6.45, 7) is 0. The Bertz CT molecular complexity index is 2070. The van der Waals surface area contributed by atoms with E-state index in [-0.39, 0.29) is 33.3 Å². The van der Waals surface area contributed by atoms with E-state index in [9.17, 15) is 45.8 Å². The van der Waals surface area contributed by atoms with Gasteiger partial charge in [0.15, 0.2) is 11.6 Å². The molecular weight excluding hydrogens is 627 g/mol. The number of carbonyl (C=O) groups excluding carboxylic acids is 1. The molecule has 0 aliphatic rings. The fraction of sp³-hybridized carbons (Fsp3) is 0.0938. The second kappa shape index (κ2) is 11.7. The zero-order chi connectivity index (χ0) is 33.6. The van der Waals surface area contributed by atoms with E-state index in [1.54, 1.807) is 0 Å². The van der Waals surface area contributed by atoms with Crippen molar-refractivity contribution in [2.45, 2.75) is 12.4 Å². The number of carboxylic acids is 1. The molecule has 0 saturated heterocycles. The van der Waals surface area contributed by atoms with Gasteiger partial charge in [0.1, 0.15) is 5.75 Å². The first kappa shape index (κ1) is 31.8. The predicted octanol–water partition coefficient (Wildman–Crippen LogP) is 7.76. The van der Waals surface area contributed by atoms with Crippen molar-refractivity contribution in [3.8, 4) is 28.3 Å². The second-order valence-electron chi connectivity index (χ2n) is 9.77. The third-order valence-corrected chi connectivity index (χ3v) is 6.93. The molecule has 0 saturated carbocycles. The van der Waals surface area contributed by atoms with Crippen LogP contribution in [0.25, 0.3) is 27.6 Å². The number of ether oxygens (including phenoxy) is 2. The highest BCUT2D eigenvalue weighted by atomic mass is 19.4. The number of alkyl halides is 6. The zero-order valence-electron chi connectivity index (χ0n) is 23.2. The molecule has 0 radical (unpaired) electrons. The van der Waals surface area contributed by atoms with Crippen LogP contribution >= 0.6 is 0 Å². The Hall–Kier alpha value is -5.66. The summed E-state index contributed by atoms with van der Waals surface area (Å²) in [5.74, 6) is -4.34. The Morgan fingerprint density at radius 2 is 1.43 bits per heavy atom. The number of esters is 1. The van der Waals surface area contributed by atoms with Crippen molar-refractivity contribution < 1.29 is 54.9 Å². The van der Waals surface area contributed by atoms with Crippen molar-refractivity contribution in [3.05, 3.63) is 123 Å². The first-order chi connectivity index (χ1) is 21.6. The normalized spacial score (nSPS) is 11.8. The van der Waals surface area contributed by atoms with E-state index < -0.39 is 63.7 Å². The van der Waals surface area contributed by atoms with E-state index in [0.717, 1.165) is 34.9 Å². The van der Waals surface area contributed by atoms with E-state index in [4.69, 9.17) is 9.47 Å². The number of hydrogen-bond acceptors (Lipinski definition) is 5. The molecule has 1 aromatic heterocycles. The van der Waals surface area contributed by atoms with Gasteiger partial charge in [-0.15, -0.1) is 0 Å². The number of carboxylic acid groups (broad SMARTS) is 1. The summed E-state index contributed by atoms with van der Waals surface area (Å²) in [6.07, 6.45) is -8.24. The zero-order valence-corrected chi connectivity index (χ0v) is 23.2. The molecule has 236 valence electrons. The van der Waals surface area contributed by atoms with E-state index in [0.29, 0.717) is 24.3 Å². The molecule has 0 aliphatic carbocycles. The average Bonchev–Trinajstić information content (AvgIpc) is 3.00. The maximum Gasteiger partial charge on any atom is 0.416 e. The number of hydrogen-bond donors (Lipinski definition) is 1. The van der Waals surface area contributed by atoms with Gasteiger partial charge in [-0.1, -0.05) is 0 Å². The molecule has 0 unspecified atom stereocenters. The number of benzene rings is 4. The maximum absolute atomic E-state index is 15.1. The van der Waals surface area contributed by atoms with Crippen LogP contribution in [0.2, 0.25) is 0 Å². The number of nitrogens with zero attached hydrogens (tertiary/aromatic N) is 1. The van der Waals surface area contributed by atoms with Crippen LogP contribution in [-0.4, -0.2) is 28.7 Å². The van der Waals surface area contributed by atoms with Gasteiger partial charge in [0.05, 0.1) is 40.4 Å². The van der Waals surface area contributed by atoms with Gasteiger partial charge in [-0.25, -0.2) is 14.0 Å². The third-order valence-electron chi connectivity index (χ3n) is 6.93. The van der Waals surface area contributed by atoms with Gasteiger partial charge in [0, 0.05) is 12.3 Å². The van der Waals surface area contributed by atoms with Crippen LogP contribution < -0.4 is 15.0 Å². The summed E-state index contributed by atoms with van der Waals surface area (Å²) in [5.41, 5.74) is -4.57. The standard InChI is InChI=1S/C32H18F7NO6/c1-45-21-12-17-10-11-40(28(41)27(17)24(15-21)23-13-19(32(37,38)39)6-8-22(23)29(42)43)20-7-9-26(25(33)14-20)46-30(44)16-2-4-18(5-3-16)31(34,35)36/h2-15H,1H3,(H,42,43). The largest absolute Gasteiger partial charge is 0.497 e. The van der Waals surface area contributed by atoms with E-state index in [1.165, 1.54) is 37.6 Å². The molecule has 7 nitrogen and oxygen atoms in total. The first-order valence-electron chi connectivity index (χ1n) is 13.0. The summed E-state index contributed by atoms with van der Waals surface area (Å²) in [7, 11) is 1.27. The van der Waals surface area contributed by atoms with Gasteiger partial charge in [0.25, 0.3) is 5.56 Å². The molecule has 1 N–H and O–H groups in total. The lowest BCUT2D eigenvalue weighted by Gasteiger charge is -2.16. The Labute approximate surface area is 253 Å². The smallest absolute Gasteiger partial charge is 0.416 e. The molecule has 0 atom stereocenters. The molecule has 5 aromatic rings. The van der Waals surface area contributed by atoms with Crippen molar-refractivity contribution in [2.24, 2.45) is 0 Å². The molecule has 46 heavy (non-hydrogen) atoms. The van der Waals surface area contributed by atoms with Crippen molar-refractivity contribution in [3.63, 3.8) is 0 Å². The van der Waals surface area contributed by atoms with Crippen LogP contribution in [0.1, 0.15) is 31.8 Å². The van der Waals surface area contributed by atoms with Gasteiger partial charge < -0.3 is 14.6 Å². The Morgan fingerprint density at radius 1 is 0.783 bits per heavy atom. The summed E-state index contributed by atoms with van der Waals surface area (Å²) < 4.78 is 105. The lowest BCUT2D eigenvalue weighted by Crippen LogP contribution is -2.19. The number of pyridine rings is 1. The third kappa shape index (κ3) is 6.14. The van der Waals surface area contributed by atoms with Crippen LogP contribution in [0.4, 0.5) is 30.7 Å². The topological polar surface area (TPSA) is 94.8 Å². The highest BCUT2D eigenvalue weighted by Crippen LogP contribution is 2.38. The lowest BCUT2D eigenvalue weighted by molar-refractivity contribution is -0.138. The summed E-state index contributed by atoms with van der Waals surface area (Å²) >= 11 is 0. The Morgan fingerprint density at radius 3 is 2.02 bits per heavy atom. The van der Waals surface area contributed by atoms with Crippen molar-refractivity contribution in [1.82, 2.24) is 4.57 Å². The van der Waals surface area contributed by atoms with Crippen LogP contribution in [0.3, 0.4) is 0 Å². The van der Waals surface area contributed by atoms with E-state index >= 15 is 4.39 Å². The fourth-order valence-electron chi connectivity index (χ4n) is 4.69. The molecule has 1 heterocycles. The van der Waals surface area contributed by atoms with Crippen molar-refractivity contribution in [1.29, 1.82) is 0 Å². The molecule has 0 bridgehead atoms. The predicted molar refractivity (Wildman–Crippen MR) is 150 cm³/mol. The average molecular weight is 645 g/mol. The Balaban J connectivity index is 1.58. The molecule has 0 aliphatic heterocycles. The van der Waals surface area contributed by atoms with Crippen LogP contribution in [0.15, 0.2) is 89.9 Å². The maximum atomic E-state index is 15.1. The van der Waals surface area contributed by atoms with Crippen LogP contribution in [-0.2, 0) is 12.4 Å². The van der Waals surface area contributed by atoms with E-state index in [2.05, 4.69) is 0 Å². The van der Waals surface area contributed by atoms with Crippen molar-refractivity contribution >= 4 is 22.7 Å². The number of rotatable bonds is 6. The highest BCUT2D eigenvalue weighted by Gasteiger charge is 2.33. The van der Waals surface area contributed by atoms with Crippen LogP contribution in [0.5, 0.6) is 11.5 Å². The fourth-order valence-corrected chi connectivity index (χ4v) is 4.69. The number of aromatic carboxylic acids is 1. The summed E-state index contributed by atoms with van der Waals surface area (Å²) in [4.78, 5) is 38.2. The monoisotopic (exact) mass is 645 g/mol.